The van der Waals surface area contributed by atoms with Crippen molar-refractivity contribution in [2.75, 3.05) is 6.61 Å². The van der Waals surface area contributed by atoms with Gasteiger partial charge in [0.2, 0.25) is 0 Å². The highest BCUT2D eigenvalue weighted by Gasteiger charge is 2.04. The summed E-state index contributed by atoms with van der Waals surface area (Å²) in [5, 5.41) is 0. The van der Waals surface area contributed by atoms with Crippen LogP contribution in [-0.4, -0.2) is 28.6 Å². The van der Waals surface area contributed by atoms with Crippen LogP contribution in [0.3, 0.4) is 0 Å². The summed E-state index contributed by atoms with van der Waals surface area (Å²) in [6.07, 6.45) is 0.844. The molecule has 0 radical (unpaired) electrons. The van der Waals surface area contributed by atoms with Gasteiger partial charge in [-0.25, -0.2) is 0 Å². The normalized spacial score (nSPS) is 9.55. The SMILES string of the molecule is CC(=O)CC(=O)OCCC[SiH3]. The molecule has 0 aromatic rings. The zero-order chi connectivity index (χ0) is 8.69. The van der Waals surface area contributed by atoms with Crippen molar-refractivity contribution < 1.29 is 14.3 Å². The van der Waals surface area contributed by atoms with Crippen molar-refractivity contribution in [3.05, 3.63) is 0 Å². The quantitative estimate of drug-likeness (QED) is 0.248. The second-order valence-corrected chi connectivity index (χ2v) is 3.45. The molecule has 0 fully saturated rings. The van der Waals surface area contributed by atoms with Crippen molar-refractivity contribution in [1.29, 1.82) is 0 Å². The molecular weight excluding hydrogens is 160 g/mol. The van der Waals surface area contributed by atoms with Crippen molar-refractivity contribution in [2.45, 2.75) is 25.8 Å². The highest BCUT2D eigenvalue weighted by Crippen LogP contribution is 1.91. The second kappa shape index (κ2) is 6.09. The standard InChI is InChI=1S/C7H14O3Si/c1-6(8)5-7(9)10-3-2-4-11/h2-5H2,1,11H3. The molecule has 0 amide bonds. The summed E-state index contributed by atoms with van der Waals surface area (Å²) in [7, 11) is 1.14. The van der Waals surface area contributed by atoms with Gasteiger partial charge in [0, 0.05) is 10.2 Å². The molecule has 0 bridgehead atoms. The minimum atomic E-state index is -0.396. The Kier molecular flexibility index (Phi) is 5.74. The van der Waals surface area contributed by atoms with E-state index in [0.29, 0.717) is 6.61 Å². The number of hydrogen-bond donors (Lipinski definition) is 0. The lowest BCUT2D eigenvalue weighted by atomic mass is 10.3. The van der Waals surface area contributed by atoms with Crippen LogP contribution in [0.2, 0.25) is 6.04 Å². The van der Waals surface area contributed by atoms with E-state index in [1.54, 1.807) is 0 Å². The van der Waals surface area contributed by atoms with Crippen molar-refractivity contribution in [3.63, 3.8) is 0 Å². The number of esters is 1. The first-order valence-corrected chi connectivity index (χ1v) is 5.23. The first-order chi connectivity index (χ1) is 5.16. The van der Waals surface area contributed by atoms with Gasteiger partial charge < -0.3 is 4.74 Å². The Morgan fingerprint density at radius 1 is 1.45 bits per heavy atom. The molecule has 0 N–H and O–H groups in total. The van der Waals surface area contributed by atoms with Crippen LogP contribution in [0, 0.1) is 0 Å². The number of carbonyl (C=O) groups excluding carboxylic acids is 2. The van der Waals surface area contributed by atoms with E-state index in [2.05, 4.69) is 0 Å². The van der Waals surface area contributed by atoms with Gasteiger partial charge in [0.05, 0.1) is 6.61 Å². The Hall–Kier alpha value is -0.643. The van der Waals surface area contributed by atoms with Gasteiger partial charge in [-0.3, -0.25) is 9.59 Å². The van der Waals surface area contributed by atoms with Gasteiger partial charge in [-0.1, -0.05) is 6.04 Å². The Labute approximate surface area is 69.5 Å². The molecule has 3 nitrogen and oxygen atoms in total. The van der Waals surface area contributed by atoms with E-state index in [1.165, 1.54) is 6.92 Å². The predicted octanol–water partition coefficient (Wildman–Crippen LogP) is -0.318. The lowest BCUT2D eigenvalue weighted by Gasteiger charge is -2.00. The maximum absolute atomic E-state index is 10.7. The summed E-state index contributed by atoms with van der Waals surface area (Å²) in [6.45, 7) is 1.85. The minimum Gasteiger partial charge on any atom is -0.465 e. The summed E-state index contributed by atoms with van der Waals surface area (Å²) in [6, 6.07) is 1.13. The van der Waals surface area contributed by atoms with E-state index in [4.69, 9.17) is 4.74 Å². The molecule has 0 aromatic heterocycles. The van der Waals surface area contributed by atoms with Crippen molar-refractivity contribution >= 4 is 22.0 Å². The molecule has 0 spiro atoms. The molecule has 0 aliphatic rings. The molecule has 64 valence electrons. The van der Waals surface area contributed by atoms with Crippen LogP contribution in [0.4, 0.5) is 0 Å². The molecule has 0 heterocycles. The topological polar surface area (TPSA) is 43.4 Å². The highest BCUT2D eigenvalue weighted by atomic mass is 28.1. The van der Waals surface area contributed by atoms with Gasteiger partial charge >= 0.3 is 5.97 Å². The maximum atomic E-state index is 10.7. The largest absolute Gasteiger partial charge is 0.465 e. The van der Waals surface area contributed by atoms with Gasteiger partial charge in [-0.2, -0.15) is 0 Å². The number of carbonyl (C=O) groups is 2. The molecule has 0 saturated carbocycles. The number of hydrogen-bond acceptors (Lipinski definition) is 3. The van der Waals surface area contributed by atoms with Crippen LogP contribution in [0.5, 0.6) is 0 Å². The molecule has 0 rings (SSSR count). The second-order valence-electron chi connectivity index (χ2n) is 2.45. The van der Waals surface area contributed by atoms with Gasteiger partial charge in [0.25, 0.3) is 0 Å². The fourth-order valence-corrected chi connectivity index (χ4v) is 0.873. The monoisotopic (exact) mass is 174 g/mol. The van der Waals surface area contributed by atoms with Crippen LogP contribution in [-0.2, 0) is 14.3 Å². The molecule has 0 unspecified atom stereocenters. The van der Waals surface area contributed by atoms with Crippen LogP contribution in [0.25, 0.3) is 0 Å². The Morgan fingerprint density at radius 2 is 2.09 bits per heavy atom. The predicted molar refractivity (Wildman–Crippen MR) is 45.6 cm³/mol. The number of ether oxygens (including phenoxy) is 1. The summed E-state index contributed by atoms with van der Waals surface area (Å²) in [4.78, 5) is 21.1. The van der Waals surface area contributed by atoms with E-state index < -0.39 is 5.97 Å². The third kappa shape index (κ3) is 7.25. The van der Waals surface area contributed by atoms with Gasteiger partial charge in [-0.05, 0) is 13.3 Å². The molecule has 0 saturated heterocycles. The Bertz CT molecular complexity index is 145. The average Bonchev–Trinajstić information content (AvgIpc) is 1.86. The number of Topliss-reactive ketones (excluding diaryl/α,β-unsaturated/α-hetero) is 1. The minimum absolute atomic E-state index is 0.0822. The van der Waals surface area contributed by atoms with Crippen molar-refractivity contribution in [1.82, 2.24) is 0 Å². The van der Waals surface area contributed by atoms with Crippen LogP contribution >= 0.6 is 0 Å². The lowest BCUT2D eigenvalue weighted by Crippen LogP contribution is -2.09. The van der Waals surface area contributed by atoms with E-state index in [1.807, 2.05) is 0 Å². The van der Waals surface area contributed by atoms with Crippen molar-refractivity contribution in [2.24, 2.45) is 0 Å². The van der Waals surface area contributed by atoms with Gasteiger partial charge in [0.15, 0.2) is 0 Å². The first kappa shape index (κ1) is 10.4. The molecule has 0 aliphatic carbocycles. The number of rotatable bonds is 5. The molecule has 4 heteroatoms. The molecule has 0 atom stereocenters. The summed E-state index contributed by atoms with van der Waals surface area (Å²) < 4.78 is 4.76. The molecule has 0 aromatic carbocycles. The zero-order valence-corrected chi connectivity index (χ0v) is 9.05. The van der Waals surface area contributed by atoms with E-state index in [-0.39, 0.29) is 12.2 Å². The fourth-order valence-electron chi connectivity index (χ4n) is 0.585. The highest BCUT2D eigenvalue weighted by molar-refractivity contribution is 6.08. The average molecular weight is 174 g/mol. The Morgan fingerprint density at radius 3 is 2.55 bits per heavy atom. The third-order valence-electron chi connectivity index (χ3n) is 1.15. The summed E-state index contributed by atoms with van der Waals surface area (Å²) >= 11 is 0. The first-order valence-electron chi connectivity index (χ1n) is 3.82. The maximum Gasteiger partial charge on any atom is 0.313 e. The molecule has 0 aliphatic heterocycles. The smallest absolute Gasteiger partial charge is 0.313 e. The van der Waals surface area contributed by atoms with Gasteiger partial charge in [-0.15, -0.1) is 0 Å². The Balaban J connectivity index is 3.30. The van der Waals surface area contributed by atoms with Crippen LogP contribution < -0.4 is 0 Å². The fraction of sp³-hybridized carbons (Fsp3) is 0.714. The van der Waals surface area contributed by atoms with E-state index >= 15 is 0 Å². The van der Waals surface area contributed by atoms with E-state index in [0.717, 1.165) is 22.7 Å². The van der Waals surface area contributed by atoms with Gasteiger partial charge in [0.1, 0.15) is 12.2 Å². The van der Waals surface area contributed by atoms with E-state index in [9.17, 15) is 9.59 Å². The number of ketones is 1. The molecular formula is C7H14O3Si. The lowest BCUT2D eigenvalue weighted by molar-refractivity contribution is -0.145. The third-order valence-corrected chi connectivity index (χ3v) is 1.86. The van der Waals surface area contributed by atoms with Crippen molar-refractivity contribution in [3.8, 4) is 0 Å². The zero-order valence-electron chi connectivity index (χ0n) is 7.05. The summed E-state index contributed by atoms with van der Waals surface area (Å²) in [5.41, 5.74) is 0. The van der Waals surface area contributed by atoms with Crippen LogP contribution in [0.15, 0.2) is 0 Å². The van der Waals surface area contributed by atoms with Crippen LogP contribution in [0.1, 0.15) is 19.8 Å². The molecule has 11 heavy (non-hydrogen) atoms. The summed E-state index contributed by atoms with van der Waals surface area (Å²) in [5.74, 6) is -0.534.